The molecule has 94 valence electrons. The predicted molar refractivity (Wildman–Crippen MR) is 76.8 cm³/mol. The third-order valence-electron chi connectivity index (χ3n) is 3.23. The molecule has 0 saturated carbocycles. The molecule has 0 fully saturated rings. The zero-order valence-corrected chi connectivity index (χ0v) is 11.6. The van der Waals surface area contributed by atoms with E-state index in [1.54, 1.807) is 0 Å². The van der Waals surface area contributed by atoms with Crippen LogP contribution in [0.25, 0.3) is 0 Å². The first kappa shape index (κ1) is 14.0. The molecule has 1 heteroatoms. The van der Waals surface area contributed by atoms with Crippen molar-refractivity contribution in [2.24, 2.45) is 16.3 Å². The molecular weight excluding hydrogens is 206 g/mol. The third kappa shape index (κ3) is 5.16. The largest absolute Gasteiger partial charge is 0.292 e. The lowest BCUT2D eigenvalue weighted by molar-refractivity contribution is 0.232. The third-order valence-corrected chi connectivity index (χ3v) is 3.23. The maximum Gasteiger partial charge on any atom is 0.0422 e. The molecular formula is C16H25N. The first-order valence-electron chi connectivity index (χ1n) is 6.59. The maximum atomic E-state index is 4.60. The van der Waals surface area contributed by atoms with Gasteiger partial charge in [-0.15, -0.1) is 0 Å². The van der Waals surface area contributed by atoms with Crippen LogP contribution in [0.5, 0.6) is 0 Å². The van der Waals surface area contributed by atoms with Crippen LogP contribution in [-0.2, 0) is 0 Å². The standard InChI is InChI=1S/C16H25N/c1-5-9-15(16(2,3)4)13-17-12-14-10-7-6-8-11-14/h6-8,10-12,15H,5,9,13H2,1-4H3. The summed E-state index contributed by atoms with van der Waals surface area (Å²) in [7, 11) is 0. The molecule has 1 nitrogen and oxygen atoms in total. The van der Waals surface area contributed by atoms with Gasteiger partial charge in [-0.25, -0.2) is 0 Å². The van der Waals surface area contributed by atoms with E-state index < -0.39 is 0 Å². The Labute approximate surface area is 106 Å². The second-order valence-electron chi connectivity index (χ2n) is 5.76. The molecule has 1 rings (SSSR count). The molecule has 0 saturated heterocycles. The Morgan fingerprint density at radius 2 is 1.82 bits per heavy atom. The topological polar surface area (TPSA) is 12.4 Å². The second-order valence-corrected chi connectivity index (χ2v) is 5.76. The van der Waals surface area contributed by atoms with Crippen molar-refractivity contribution >= 4 is 6.21 Å². The van der Waals surface area contributed by atoms with Crippen molar-refractivity contribution in [1.82, 2.24) is 0 Å². The number of hydrogen-bond donors (Lipinski definition) is 0. The summed E-state index contributed by atoms with van der Waals surface area (Å²) in [5.74, 6) is 0.674. The van der Waals surface area contributed by atoms with Gasteiger partial charge in [0, 0.05) is 12.8 Å². The van der Waals surface area contributed by atoms with Gasteiger partial charge in [0.15, 0.2) is 0 Å². The molecule has 0 heterocycles. The van der Waals surface area contributed by atoms with Crippen molar-refractivity contribution in [2.45, 2.75) is 40.5 Å². The van der Waals surface area contributed by atoms with Crippen LogP contribution in [0.3, 0.4) is 0 Å². The smallest absolute Gasteiger partial charge is 0.0422 e. The Morgan fingerprint density at radius 1 is 1.18 bits per heavy atom. The molecule has 0 aliphatic heterocycles. The van der Waals surface area contributed by atoms with Crippen LogP contribution < -0.4 is 0 Å². The molecule has 1 unspecified atom stereocenters. The van der Waals surface area contributed by atoms with Crippen LogP contribution >= 0.6 is 0 Å². The molecule has 0 spiro atoms. The average Bonchev–Trinajstić information content (AvgIpc) is 2.28. The first-order valence-corrected chi connectivity index (χ1v) is 6.59. The summed E-state index contributed by atoms with van der Waals surface area (Å²) >= 11 is 0. The summed E-state index contributed by atoms with van der Waals surface area (Å²) in [5, 5.41) is 0. The van der Waals surface area contributed by atoms with Gasteiger partial charge in [0.05, 0.1) is 0 Å². The maximum absolute atomic E-state index is 4.60. The number of nitrogens with zero attached hydrogens (tertiary/aromatic N) is 1. The van der Waals surface area contributed by atoms with Gasteiger partial charge in [0.2, 0.25) is 0 Å². The van der Waals surface area contributed by atoms with Crippen LogP contribution in [0, 0.1) is 11.3 Å². The first-order chi connectivity index (χ1) is 8.04. The van der Waals surface area contributed by atoms with Crippen LogP contribution in [0.2, 0.25) is 0 Å². The molecule has 0 aliphatic carbocycles. The van der Waals surface area contributed by atoms with Crippen molar-refractivity contribution in [3.63, 3.8) is 0 Å². The minimum absolute atomic E-state index is 0.351. The van der Waals surface area contributed by atoms with Gasteiger partial charge in [-0.05, 0) is 23.3 Å². The van der Waals surface area contributed by atoms with E-state index in [2.05, 4.69) is 57.0 Å². The van der Waals surface area contributed by atoms with Gasteiger partial charge in [-0.1, -0.05) is 64.4 Å². The number of hydrogen-bond acceptors (Lipinski definition) is 1. The zero-order chi connectivity index (χ0) is 12.7. The van der Waals surface area contributed by atoms with E-state index in [1.165, 1.54) is 18.4 Å². The van der Waals surface area contributed by atoms with E-state index >= 15 is 0 Å². The molecule has 0 bridgehead atoms. The van der Waals surface area contributed by atoms with Crippen LogP contribution in [0.4, 0.5) is 0 Å². The fourth-order valence-electron chi connectivity index (χ4n) is 1.97. The van der Waals surface area contributed by atoms with E-state index in [4.69, 9.17) is 0 Å². The number of aliphatic imine (C=N–C) groups is 1. The Hall–Kier alpha value is -1.11. The molecule has 1 aromatic rings. The normalized spacial score (nSPS) is 14.1. The van der Waals surface area contributed by atoms with Gasteiger partial charge in [0.1, 0.15) is 0 Å². The van der Waals surface area contributed by atoms with Crippen molar-refractivity contribution < 1.29 is 0 Å². The van der Waals surface area contributed by atoms with E-state index in [1.807, 2.05) is 12.3 Å². The number of benzene rings is 1. The fraction of sp³-hybridized carbons (Fsp3) is 0.562. The number of rotatable bonds is 5. The van der Waals surface area contributed by atoms with Gasteiger partial charge in [-0.3, -0.25) is 4.99 Å². The van der Waals surface area contributed by atoms with Gasteiger partial charge >= 0.3 is 0 Å². The SMILES string of the molecule is CCCC(CN=Cc1ccccc1)C(C)(C)C. The van der Waals surface area contributed by atoms with Gasteiger partial charge in [-0.2, -0.15) is 0 Å². The molecule has 0 N–H and O–H groups in total. The van der Waals surface area contributed by atoms with E-state index in [0.29, 0.717) is 11.3 Å². The van der Waals surface area contributed by atoms with Crippen LogP contribution in [0.1, 0.15) is 46.1 Å². The van der Waals surface area contributed by atoms with Gasteiger partial charge in [0.25, 0.3) is 0 Å². The molecule has 1 atom stereocenters. The summed E-state index contributed by atoms with van der Waals surface area (Å²) < 4.78 is 0. The Bertz CT molecular complexity index is 332. The zero-order valence-electron chi connectivity index (χ0n) is 11.6. The van der Waals surface area contributed by atoms with Crippen molar-refractivity contribution in [1.29, 1.82) is 0 Å². The summed E-state index contributed by atoms with van der Waals surface area (Å²) in [5.41, 5.74) is 1.54. The highest BCUT2D eigenvalue weighted by Gasteiger charge is 2.22. The molecule has 0 amide bonds. The lowest BCUT2D eigenvalue weighted by Gasteiger charge is -2.29. The summed E-state index contributed by atoms with van der Waals surface area (Å²) in [6.07, 6.45) is 4.49. The quantitative estimate of drug-likeness (QED) is 0.658. The Balaban J connectivity index is 2.55. The van der Waals surface area contributed by atoms with E-state index in [-0.39, 0.29) is 0 Å². The summed E-state index contributed by atoms with van der Waals surface area (Å²) in [6.45, 7) is 10.1. The predicted octanol–water partition coefficient (Wildman–Crippen LogP) is 4.57. The van der Waals surface area contributed by atoms with Gasteiger partial charge < -0.3 is 0 Å². The van der Waals surface area contributed by atoms with Crippen molar-refractivity contribution in [3.05, 3.63) is 35.9 Å². The molecule has 0 aromatic heterocycles. The average molecular weight is 231 g/mol. The lowest BCUT2D eigenvalue weighted by Crippen LogP contribution is -2.23. The minimum Gasteiger partial charge on any atom is -0.292 e. The molecule has 1 aromatic carbocycles. The summed E-state index contributed by atoms with van der Waals surface area (Å²) in [4.78, 5) is 4.60. The monoisotopic (exact) mass is 231 g/mol. The summed E-state index contributed by atoms with van der Waals surface area (Å²) in [6, 6.07) is 10.3. The molecule has 17 heavy (non-hydrogen) atoms. The highest BCUT2D eigenvalue weighted by atomic mass is 14.7. The lowest BCUT2D eigenvalue weighted by atomic mass is 9.78. The van der Waals surface area contributed by atoms with Crippen molar-refractivity contribution in [3.8, 4) is 0 Å². The highest BCUT2D eigenvalue weighted by Crippen LogP contribution is 2.29. The van der Waals surface area contributed by atoms with E-state index in [0.717, 1.165) is 6.54 Å². The van der Waals surface area contributed by atoms with E-state index in [9.17, 15) is 0 Å². The van der Waals surface area contributed by atoms with Crippen LogP contribution in [0.15, 0.2) is 35.3 Å². The fourth-order valence-corrected chi connectivity index (χ4v) is 1.97. The molecule has 0 aliphatic rings. The Morgan fingerprint density at radius 3 is 2.35 bits per heavy atom. The minimum atomic E-state index is 0.351. The molecule has 0 radical (unpaired) electrons. The second kappa shape index (κ2) is 6.58. The Kier molecular flexibility index (Phi) is 5.40. The highest BCUT2D eigenvalue weighted by molar-refractivity contribution is 5.79. The van der Waals surface area contributed by atoms with Crippen molar-refractivity contribution in [2.75, 3.05) is 6.54 Å². The van der Waals surface area contributed by atoms with Crippen LogP contribution in [-0.4, -0.2) is 12.8 Å².